The van der Waals surface area contributed by atoms with Crippen molar-refractivity contribution < 1.29 is 8.78 Å². The van der Waals surface area contributed by atoms with Crippen molar-refractivity contribution in [2.24, 2.45) is 5.41 Å². The molecule has 2 aliphatic rings. The zero-order valence-electron chi connectivity index (χ0n) is 11.2. The van der Waals surface area contributed by atoms with E-state index in [0.29, 0.717) is 18.9 Å². The number of aromatic nitrogens is 2. The van der Waals surface area contributed by atoms with E-state index in [4.69, 9.17) is 0 Å². The minimum absolute atomic E-state index is 0.109. The Morgan fingerprint density at radius 2 is 1.95 bits per heavy atom. The predicted molar refractivity (Wildman–Crippen MR) is 70.4 cm³/mol. The Bertz CT molecular complexity index is 466. The highest BCUT2D eigenvalue weighted by Gasteiger charge is 2.70. The van der Waals surface area contributed by atoms with Crippen molar-refractivity contribution >= 4 is 11.3 Å². The Balaban J connectivity index is 1.53. The van der Waals surface area contributed by atoms with E-state index in [2.05, 4.69) is 22.4 Å². The van der Waals surface area contributed by atoms with Gasteiger partial charge in [0.05, 0.1) is 6.04 Å². The normalized spacial score (nSPS) is 34.4. The number of alkyl halides is 2. The van der Waals surface area contributed by atoms with Crippen molar-refractivity contribution in [1.29, 1.82) is 0 Å². The number of aryl methyl sites for hydroxylation is 1. The first-order chi connectivity index (χ1) is 8.92. The molecule has 0 saturated heterocycles. The fourth-order valence-electron chi connectivity index (χ4n) is 3.17. The lowest BCUT2D eigenvalue weighted by molar-refractivity contribution is 0.0433. The fourth-order valence-corrected chi connectivity index (χ4v) is 3.88. The molecule has 0 aromatic carbocycles. The van der Waals surface area contributed by atoms with Gasteiger partial charge in [-0.3, -0.25) is 0 Å². The van der Waals surface area contributed by atoms with Crippen LogP contribution in [0.2, 0.25) is 0 Å². The van der Waals surface area contributed by atoms with Crippen molar-refractivity contribution in [1.82, 2.24) is 15.5 Å². The van der Waals surface area contributed by atoms with Crippen molar-refractivity contribution in [2.45, 2.75) is 64.0 Å². The summed E-state index contributed by atoms with van der Waals surface area (Å²) in [5.41, 5.74) is -0.645. The first-order valence-electron chi connectivity index (χ1n) is 6.86. The maximum absolute atomic E-state index is 13.3. The third-order valence-corrected chi connectivity index (χ3v) is 5.57. The highest BCUT2D eigenvalue weighted by Crippen LogP contribution is 2.67. The molecule has 1 atom stereocenters. The maximum atomic E-state index is 13.3. The molecular weight excluding hydrogens is 268 g/mol. The summed E-state index contributed by atoms with van der Waals surface area (Å²) in [6.45, 7) is 4.00. The summed E-state index contributed by atoms with van der Waals surface area (Å²) >= 11 is 1.59. The highest BCUT2D eigenvalue weighted by molar-refractivity contribution is 7.11. The van der Waals surface area contributed by atoms with Crippen LogP contribution in [0.25, 0.3) is 0 Å². The first-order valence-corrected chi connectivity index (χ1v) is 7.67. The van der Waals surface area contributed by atoms with Crippen LogP contribution in [0.4, 0.5) is 8.78 Å². The molecule has 1 N–H and O–H groups in total. The van der Waals surface area contributed by atoms with Gasteiger partial charge in [-0.1, -0.05) is 0 Å². The molecule has 2 saturated carbocycles. The Morgan fingerprint density at radius 3 is 2.42 bits per heavy atom. The molecule has 2 aliphatic carbocycles. The highest BCUT2D eigenvalue weighted by atomic mass is 32.1. The van der Waals surface area contributed by atoms with E-state index in [1.165, 1.54) is 0 Å². The van der Waals surface area contributed by atoms with Crippen LogP contribution in [0.5, 0.6) is 0 Å². The van der Waals surface area contributed by atoms with E-state index in [9.17, 15) is 8.78 Å². The summed E-state index contributed by atoms with van der Waals surface area (Å²) in [4.78, 5) is 0. The molecule has 0 radical (unpaired) electrons. The Labute approximate surface area is 115 Å². The number of nitrogens with zero attached hydrogens (tertiary/aromatic N) is 2. The van der Waals surface area contributed by atoms with Crippen molar-refractivity contribution in [3.05, 3.63) is 10.0 Å². The van der Waals surface area contributed by atoms with Crippen molar-refractivity contribution in [3.63, 3.8) is 0 Å². The van der Waals surface area contributed by atoms with Gasteiger partial charge in [0.15, 0.2) is 0 Å². The molecule has 2 fully saturated rings. The van der Waals surface area contributed by atoms with E-state index < -0.39 is 11.3 Å². The second-order valence-corrected chi connectivity index (χ2v) is 7.20. The number of hydrogen-bond acceptors (Lipinski definition) is 4. The lowest BCUT2D eigenvalue weighted by Crippen LogP contribution is -2.36. The third-order valence-electron chi connectivity index (χ3n) is 4.55. The fraction of sp³-hybridized carbons (Fsp3) is 0.846. The van der Waals surface area contributed by atoms with Crippen molar-refractivity contribution in [2.75, 3.05) is 0 Å². The van der Waals surface area contributed by atoms with Gasteiger partial charge in [-0.05, 0) is 39.5 Å². The molecule has 19 heavy (non-hydrogen) atoms. The molecule has 0 amide bonds. The van der Waals surface area contributed by atoms with Gasteiger partial charge in [-0.15, -0.1) is 21.5 Å². The molecule has 1 aromatic rings. The van der Waals surface area contributed by atoms with Crippen LogP contribution >= 0.6 is 11.3 Å². The number of rotatable bonds is 3. The SMILES string of the molecule is Cc1nnc(C(C)NC2CCC3(CC2)CC3(F)F)s1. The third kappa shape index (κ3) is 2.40. The van der Waals surface area contributed by atoms with Gasteiger partial charge in [0.2, 0.25) is 0 Å². The van der Waals surface area contributed by atoms with Crippen LogP contribution in [0.15, 0.2) is 0 Å². The Kier molecular flexibility index (Phi) is 3.13. The zero-order chi connectivity index (χ0) is 13.7. The van der Waals surface area contributed by atoms with Gasteiger partial charge >= 0.3 is 0 Å². The molecule has 0 aliphatic heterocycles. The largest absolute Gasteiger partial charge is 0.305 e. The zero-order valence-corrected chi connectivity index (χ0v) is 12.1. The summed E-state index contributed by atoms with van der Waals surface area (Å²) in [7, 11) is 0. The molecule has 1 spiro atoms. The van der Waals surface area contributed by atoms with Crippen LogP contribution in [-0.4, -0.2) is 22.2 Å². The Hall–Kier alpha value is -0.620. The number of nitrogens with one attached hydrogen (secondary N) is 1. The average Bonchev–Trinajstić information content (AvgIpc) is 2.71. The van der Waals surface area contributed by atoms with E-state index in [-0.39, 0.29) is 12.5 Å². The smallest absolute Gasteiger partial charge is 0.254 e. The van der Waals surface area contributed by atoms with Gasteiger partial charge < -0.3 is 5.32 Å². The molecule has 1 aromatic heterocycles. The number of halogens is 2. The molecule has 106 valence electrons. The number of hydrogen-bond donors (Lipinski definition) is 1. The molecule has 3 nitrogen and oxygen atoms in total. The first kappa shape index (κ1) is 13.4. The summed E-state index contributed by atoms with van der Waals surface area (Å²) in [5.74, 6) is -2.39. The van der Waals surface area contributed by atoms with Crippen LogP contribution in [-0.2, 0) is 0 Å². The van der Waals surface area contributed by atoms with Crippen LogP contribution in [0, 0.1) is 12.3 Å². The molecule has 0 bridgehead atoms. The second kappa shape index (κ2) is 4.45. The standard InChI is InChI=1S/C13H19F2N3S/c1-8(11-18-17-9(2)19-11)16-10-3-5-12(6-4-10)7-13(12,14)15/h8,10,16H,3-7H2,1-2H3. The minimum Gasteiger partial charge on any atom is -0.305 e. The lowest BCUT2D eigenvalue weighted by Gasteiger charge is -2.31. The summed E-state index contributed by atoms with van der Waals surface area (Å²) in [6, 6.07) is 0.492. The minimum atomic E-state index is -2.39. The van der Waals surface area contributed by atoms with Gasteiger partial charge in [0, 0.05) is 17.9 Å². The van der Waals surface area contributed by atoms with Gasteiger partial charge in [-0.25, -0.2) is 8.78 Å². The van der Waals surface area contributed by atoms with E-state index in [1.807, 2.05) is 6.92 Å². The summed E-state index contributed by atoms with van der Waals surface area (Å²) < 4.78 is 26.6. The topological polar surface area (TPSA) is 37.8 Å². The molecule has 1 unspecified atom stereocenters. The molecule has 1 heterocycles. The van der Waals surface area contributed by atoms with Gasteiger partial charge in [-0.2, -0.15) is 0 Å². The Morgan fingerprint density at radius 1 is 1.32 bits per heavy atom. The quantitative estimate of drug-likeness (QED) is 0.925. The van der Waals surface area contributed by atoms with E-state index in [0.717, 1.165) is 22.9 Å². The van der Waals surface area contributed by atoms with Crippen LogP contribution < -0.4 is 5.32 Å². The summed E-state index contributed by atoms with van der Waals surface area (Å²) in [5, 5.41) is 13.6. The molecular formula is C13H19F2N3S. The lowest BCUT2D eigenvalue weighted by atomic mass is 9.82. The monoisotopic (exact) mass is 287 g/mol. The van der Waals surface area contributed by atoms with Gasteiger partial charge in [0.25, 0.3) is 5.92 Å². The van der Waals surface area contributed by atoms with Crippen LogP contribution in [0.1, 0.15) is 55.1 Å². The second-order valence-electron chi connectivity index (χ2n) is 5.98. The summed E-state index contributed by atoms with van der Waals surface area (Å²) in [6.07, 6.45) is 3.10. The van der Waals surface area contributed by atoms with E-state index >= 15 is 0 Å². The predicted octanol–water partition coefficient (Wildman–Crippen LogP) is 3.47. The maximum Gasteiger partial charge on any atom is 0.254 e. The van der Waals surface area contributed by atoms with Gasteiger partial charge in [0.1, 0.15) is 10.0 Å². The van der Waals surface area contributed by atoms with Crippen molar-refractivity contribution in [3.8, 4) is 0 Å². The molecule has 3 rings (SSSR count). The molecule has 6 heteroatoms. The van der Waals surface area contributed by atoms with E-state index in [1.54, 1.807) is 11.3 Å². The average molecular weight is 287 g/mol. The van der Waals surface area contributed by atoms with Crippen LogP contribution in [0.3, 0.4) is 0 Å².